The van der Waals surface area contributed by atoms with Crippen molar-refractivity contribution >= 4 is 29.9 Å². The minimum atomic E-state index is 0. The molecule has 1 unspecified atom stereocenters. The topological polar surface area (TPSA) is 54.9 Å². The number of halogens is 1. The first-order valence-corrected chi connectivity index (χ1v) is 9.47. The summed E-state index contributed by atoms with van der Waals surface area (Å²) in [5, 5.41) is 6.67. The van der Waals surface area contributed by atoms with Gasteiger partial charge in [-0.05, 0) is 24.8 Å². The minimum Gasteiger partial charge on any atom is -0.378 e. The molecule has 1 aliphatic carbocycles. The fourth-order valence-electron chi connectivity index (χ4n) is 3.18. The molecule has 1 saturated carbocycles. The molecule has 0 heterocycles. The van der Waals surface area contributed by atoms with Gasteiger partial charge in [0.25, 0.3) is 0 Å². The van der Waals surface area contributed by atoms with Crippen LogP contribution in [0.5, 0.6) is 0 Å². The molecule has 2 N–H and O–H groups in total. The van der Waals surface area contributed by atoms with Crippen molar-refractivity contribution in [2.24, 2.45) is 4.99 Å². The molecule has 0 spiro atoms. The van der Waals surface area contributed by atoms with E-state index in [1.165, 1.54) is 32.1 Å². The standard InChI is InChI=1S/C20H33N3O2.HI/c1-21-20(22-14-9-15-25-18-12-7-4-8-13-18)23-16-19(24-2)17-10-5-3-6-11-17;/h3,5-6,10-11,18-19H,4,7-9,12-16H2,1-2H3,(H2,21,22,23);1H. The molecule has 2 rings (SSSR count). The van der Waals surface area contributed by atoms with Gasteiger partial charge in [-0.15, -0.1) is 24.0 Å². The number of nitrogens with zero attached hydrogens (tertiary/aromatic N) is 1. The third-order valence-electron chi connectivity index (χ3n) is 4.65. The van der Waals surface area contributed by atoms with Gasteiger partial charge in [0.05, 0.1) is 12.2 Å². The van der Waals surface area contributed by atoms with E-state index in [4.69, 9.17) is 9.47 Å². The lowest BCUT2D eigenvalue weighted by atomic mass is 9.98. The first-order chi connectivity index (χ1) is 12.3. The number of methoxy groups -OCH3 is 1. The van der Waals surface area contributed by atoms with Crippen LogP contribution in [0.3, 0.4) is 0 Å². The van der Waals surface area contributed by atoms with E-state index in [9.17, 15) is 0 Å². The molecule has 6 heteroatoms. The normalized spacial score (nSPS) is 16.6. The van der Waals surface area contributed by atoms with Crippen LogP contribution in [-0.4, -0.2) is 45.9 Å². The highest BCUT2D eigenvalue weighted by atomic mass is 127. The van der Waals surface area contributed by atoms with E-state index in [-0.39, 0.29) is 30.1 Å². The zero-order valence-electron chi connectivity index (χ0n) is 16.1. The van der Waals surface area contributed by atoms with Gasteiger partial charge in [0.2, 0.25) is 0 Å². The van der Waals surface area contributed by atoms with Gasteiger partial charge in [-0.2, -0.15) is 0 Å². The number of rotatable bonds is 9. The van der Waals surface area contributed by atoms with Crippen molar-refractivity contribution < 1.29 is 9.47 Å². The van der Waals surface area contributed by atoms with Crippen LogP contribution in [0.4, 0.5) is 0 Å². The average molecular weight is 475 g/mol. The maximum Gasteiger partial charge on any atom is 0.191 e. The molecule has 5 nitrogen and oxygen atoms in total. The third-order valence-corrected chi connectivity index (χ3v) is 4.65. The van der Waals surface area contributed by atoms with Crippen molar-refractivity contribution in [1.82, 2.24) is 10.6 Å². The zero-order valence-corrected chi connectivity index (χ0v) is 18.4. The Balaban J connectivity index is 0.00000338. The monoisotopic (exact) mass is 475 g/mol. The zero-order chi connectivity index (χ0) is 17.7. The number of hydrogen-bond acceptors (Lipinski definition) is 3. The molecule has 0 radical (unpaired) electrons. The van der Waals surface area contributed by atoms with E-state index >= 15 is 0 Å². The molecule has 1 aromatic carbocycles. The summed E-state index contributed by atoms with van der Waals surface area (Å²) in [6, 6.07) is 10.2. The lowest BCUT2D eigenvalue weighted by Gasteiger charge is -2.22. The molecule has 26 heavy (non-hydrogen) atoms. The van der Waals surface area contributed by atoms with Crippen molar-refractivity contribution in [2.75, 3.05) is 33.9 Å². The van der Waals surface area contributed by atoms with Crippen LogP contribution in [0, 0.1) is 0 Å². The van der Waals surface area contributed by atoms with Gasteiger partial charge in [0.15, 0.2) is 5.96 Å². The van der Waals surface area contributed by atoms with E-state index in [0.717, 1.165) is 31.1 Å². The summed E-state index contributed by atoms with van der Waals surface area (Å²) in [5.74, 6) is 0.802. The Kier molecular flexibility index (Phi) is 12.7. The van der Waals surface area contributed by atoms with Gasteiger partial charge in [-0.1, -0.05) is 49.6 Å². The predicted octanol–water partition coefficient (Wildman–Crippen LogP) is 3.90. The molecule has 1 atom stereocenters. The van der Waals surface area contributed by atoms with Crippen molar-refractivity contribution in [3.05, 3.63) is 35.9 Å². The Bertz CT molecular complexity index is 493. The lowest BCUT2D eigenvalue weighted by Crippen LogP contribution is -2.40. The average Bonchev–Trinajstić information content (AvgIpc) is 2.68. The van der Waals surface area contributed by atoms with Crippen molar-refractivity contribution in [3.63, 3.8) is 0 Å². The molecule has 1 fully saturated rings. The number of nitrogens with one attached hydrogen (secondary N) is 2. The van der Waals surface area contributed by atoms with Gasteiger partial charge in [-0.25, -0.2) is 0 Å². The first-order valence-electron chi connectivity index (χ1n) is 9.47. The minimum absolute atomic E-state index is 0. The number of aliphatic imine (C=N–C) groups is 1. The molecule has 0 amide bonds. The predicted molar refractivity (Wildman–Crippen MR) is 118 cm³/mol. The van der Waals surface area contributed by atoms with E-state index in [2.05, 4.69) is 27.8 Å². The van der Waals surface area contributed by atoms with E-state index in [1.807, 2.05) is 18.2 Å². The van der Waals surface area contributed by atoms with Crippen LogP contribution < -0.4 is 10.6 Å². The second kappa shape index (κ2) is 14.2. The molecule has 148 valence electrons. The second-order valence-corrected chi connectivity index (χ2v) is 6.50. The summed E-state index contributed by atoms with van der Waals surface area (Å²) in [6.45, 7) is 2.35. The Labute approximate surface area is 175 Å². The van der Waals surface area contributed by atoms with E-state index in [0.29, 0.717) is 12.6 Å². The van der Waals surface area contributed by atoms with Crippen LogP contribution >= 0.6 is 24.0 Å². The highest BCUT2D eigenvalue weighted by Crippen LogP contribution is 2.20. The lowest BCUT2D eigenvalue weighted by molar-refractivity contribution is 0.0277. The Morgan fingerprint density at radius 2 is 1.88 bits per heavy atom. The molecule has 0 aliphatic heterocycles. The largest absolute Gasteiger partial charge is 0.378 e. The van der Waals surface area contributed by atoms with Crippen LogP contribution in [0.1, 0.15) is 50.2 Å². The third kappa shape index (κ3) is 8.68. The van der Waals surface area contributed by atoms with Crippen LogP contribution in [0.2, 0.25) is 0 Å². The Morgan fingerprint density at radius 1 is 1.15 bits per heavy atom. The SMILES string of the molecule is CN=C(NCCCOC1CCCCC1)NCC(OC)c1ccccc1.I. The summed E-state index contributed by atoms with van der Waals surface area (Å²) in [4.78, 5) is 4.27. The quantitative estimate of drug-likeness (QED) is 0.246. The molecule has 0 bridgehead atoms. The van der Waals surface area contributed by atoms with Crippen molar-refractivity contribution in [1.29, 1.82) is 0 Å². The number of hydrogen-bond donors (Lipinski definition) is 2. The van der Waals surface area contributed by atoms with Gasteiger partial charge < -0.3 is 20.1 Å². The highest BCUT2D eigenvalue weighted by Gasteiger charge is 2.13. The Hall–Kier alpha value is -0.860. The summed E-state index contributed by atoms with van der Waals surface area (Å²) in [7, 11) is 3.52. The summed E-state index contributed by atoms with van der Waals surface area (Å²) in [6.07, 6.45) is 7.96. The van der Waals surface area contributed by atoms with Gasteiger partial charge in [0.1, 0.15) is 0 Å². The highest BCUT2D eigenvalue weighted by molar-refractivity contribution is 14.0. The molecular formula is C20H34IN3O2. The fourth-order valence-corrected chi connectivity index (χ4v) is 3.18. The van der Waals surface area contributed by atoms with Gasteiger partial charge in [-0.3, -0.25) is 4.99 Å². The molecular weight excluding hydrogens is 441 g/mol. The molecule has 0 aromatic heterocycles. The summed E-state index contributed by atoms with van der Waals surface area (Å²) in [5.41, 5.74) is 1.16. The van der Waals surface area contributed by atoms with Crippen LogP contribution in [-0.2, 0) is 9.47 Å². The number of ether oxygens (including phenoxy) is 2. The molecule has 0 saturated heterocycles. The Morgan fingerprint density at radius 3 is 2.54 bits per heavy atom. The molecule has 1 aromatic rings. The number of benzene rings is 1. The maximum atomic E-state index is 5.95. The fraction of sp³-hybridized carbons (Fsp3) is 0.650. The van der Waals surface area contributed by atoms with E-state index in [1.54, 1.807) is 14.2 Å². The second-order valence-electron chi connectivity index (χ2n) is 6.50. The van der Waals surface area contributed by atoms with E-state index < -0.39 is 0 Å². The van der Waals surface area contributed by atoms with Crippen LogP contribution in [0.15, 0.2) is 35.3 Å². The maximum absolute atomic E-state index is 5.95. The van der Waals surface area contributed by atoms with Crippen molar-refractivity contribution in [2.45, 2.75) is 50.7 Å². The van der Waals surface area contributed by atoms with Crippen LogP contribution in [0.25, 0.3) is 0 Å². The molecule has 1 aliphatic rings. The van der Waals surface area contributed by atoms with Gasteiger partial charge in [0, 0.05) is 33.9 Å². The number of guanidine groups is 1. The van der Waals surface area contributed by atoms with Crippen molar-refractivity contribution in [3.8, 4) is 0 Å². The smallest absolute Gasteiger partial charge is 0.191 e. The van der Waals surface area contributed by atoms with Gasteiger partial charge >= 0.3 is 0 Å². The summed E-state index contributed by atoms with van der Waals surface area (Å²) >= 11 is 0. The summed E-state index contributed by atoms with van der Waals surface area (Å²) < 4.78 is 11.5. The first kappa shape index (κ1) is 23.2.